The van der Waals surface area contributed by atoms with Gasteiger partial charge in [0.2, 0.25) is 0 Å². The fraction of sp³-hybridized carbons (Fsp3) is 0.0577. The molecular formula is C52H38N2. The second-order valence-corrected chi connectivity index (χ2v) is 14.8. The van der Waals surface area contributed by atoms with Crippen LogP contribution in [0.15, 0.2) is 194 Å². The molecule has 9 aromatic rings. The van der Waals surface area contributed by atoms with E-state index in [0.29, 0.717) is 0 Å². The summed E-state index contributed by atoms with van der Waals surface area (Å²) in [5, 5.41) is 2.54. The van der Waals surface area contributed by atoms with E-state index in [9.17, 15) is 0 Å². The van der Waals surface area contributed by atoms with Crippen molar-refractivity contribution in [3.8, 4) is 73.0 Å². The summed E-state index contributed by atoms with van der Waals surface area (Å²) in [6.07, 6.45) is 0. The first-order valence-electron chi connectivity index (χ1n) is 18.7. The van der Waals surface area contributed by atoms with Gasteiger partial charge in [-0.25, -0.2) is 4.98 Å². The van der Waals surface area contributed by atoms with Gasteiger partial charge in [-0.05, 0) is 85.6 Å². The Morgan fingerprint density at radius 2 is 0.870 bits per heavy atom. The lowest BCUT2D eigenvalue weighted by molar-refractivity contribution is 0.661. The summed E-state index contributed by atoms with van der Waals surface area (Å²) in [5.41, 5.74) is 16.6. The number of aromatic nitrogens is 2. The highest BCUT2D eigenvalue weighted by molar-refractivity contribution is 5.90. The van der Waals surface area contributed by atoms with Crippen molar-refractivity contribution in [1.82, 2.24) is 9.55 Å². The molecular weight excluding hydrogens is 653 g/mol. The molecule has 8 aromatic carbocycles. The molecule has 54 heavy (non-hydrogen) atoms. The maximum Gasteiger partial charge on any atom is 0.145 e. The number of fused-ring (bicyclic) bond motifs is 4. The third-order valence-electron chi connectivity index (χ3n) is 11.2. The molecule has 0 saturated heterocycles. The molecule has 0 bridgehead atoms. The molecule has 1 aliphatic carbocycles. The van der Waals surface area contributed by atoms with Crippen LogP contribution in [0.2, 0.25) is 0 Å². The maximum atomic E-state index is 5.36. The van der Waals surface area contributed by atoms with Crippen molar-refractivity contribution in [2.45, 2.75) is 19.3 Å². The molecule has 256 valence electrons. The molecule has 0 aliphatic heterocycles. The fourth-order valence-electron chi connectivity index (χ4n) is 8.38. The Hall–Kier alpha value is -6.77. The van der Waals surface area contributed by atoms with E-state index in [1.807, 2.05) is 0 Å². The summed E-state index contributed by atoms with van der Waals surface area (Å²) in [4.78, 5) is 5.36. The lowest BCUT2D eigenvalue weighted by Crippen LogP contribution is -2.15. The average Bonchev–Trinajstić information content (AvgIpc) is 3.74. The van der Waals surface area contributed by atoms with E-state index in [-0.39, 0.29) is 5.41 Å². The minimum absolute atomic E-state index is 0.132. The minimum atomic E-state index is -0.132. The zero-order chi connectivity index (χ0) is 36.2. The summed E-state index contributed by atoms with van der Waals surface area (Å²) < 4.78 is 2.33. The molecule has 0 saturated carbocycles. The van der Waals surface area contributed by atoms with Gasteiger partial charge >= 0.3 is 0 Å². The van der Waals surface area contributed by atoms with Gasteiger partial charge in [-0.3, -0.25) is 4.57 Å². The van der Waals surface area contributed by atoms with E-state index in [2.05, 4.69) is 213 Å². The van der Waals surface area contributed by atoms with Crippen LogP contribution in [0.4, 0.5) is 0 Å². The van der Waals surface area contributed by atoms with Crippen molar-refractivity contribution in [3.05, 3.63) is 205 Å². The molecule has 1 aliphatic rings. The van der Waals surface area contributed by atoms with E-state index < -0.39 is 0 Å². The lowest BCUT2D eigenvalue weighted by Gasteiger charge is -2.23. The standard InChI is InChI=1S/C52H38N2/c1-52(2)47-33-42(26-30-45(47)46-31-27-43(34-48(46)52)41-23-22-35-14-12-13-21-40(35)32-41)36-24-28-44(29-25-36)54-50(38-17-8-4-9-18-38)49(37-15-6-3-7-16-37)53-51(54)39-19-10-5-11-20-39/h3-34H,1-2H3. The Labute approximate surface area is 316 Å². The van der Waals surface area contributed by atoms with Crippen molar-refractivity contribution >= 4 is 10.8 Å². The highest BCUT2D eigenvalue weighted by Gasteiger charge is 2.36. The summed E-state index contributed by atoms with van der Waals surface area (Å²) >= 11 is 0. The van der Waals surface area contributed by atoms with Crippen LogP contribution in [0.25, 0.3) is 83.7 Å². The molecule has 0 spiro atoms. The van der Waals surface area contributed by atoms with Crippen LogP contribution in [0, 0.1) is 0 Å². The van der Waals surface area contributed by atoms with E-state index in [4.69, 9.17) is 4.98 Å². The molecule has 0 N–H and O–H groups in total. The second-order valence-electron chi connectivity index (χ2n) is 14.8. The van der Waals surface area contributed by atoms with Crippen molar-refractivity contribution in [1.29, 1.82) is 0 Å². The molecule has 0 unspecified atom stereocenters. The van der Waals surface area contributed by atoms with Crippen molar-refractivity contribution in [2.75, 3.05) is 0 Å². The average molecular weight is 691 g/mol. The molecule has 0 atom stereocenters. The van der Waals surface area contributed by atoms with Gasteiger partial charge in [0.1, 0.15) is 5.82 Å². The normalized spacial score (nSPS) is 12.8. The van der Waals surface area contributed by atoms with Crippen LogP contribution in [0.3, 0.4) is 0 Å². The van der Waals surface area contributed by atoms with E-state index in [1.54, 1.807) is 0 Å². The molecule has 0 fully saturated rings. The zero-order valence-corrected chi connectivity index (χ0v) is 30.4. The second kappa shape index (κ2) is 12.7. The summed E-state index contributed by atoms with van der Waals surface area (Å²) in [6.45, 7) is 4.74. The SMILES string of the molecule is CC1(C)c2cc(-c3ccc(-n4c(-c5ccccc5)nc(-c5ccccc5)c4-c4ccccc4)cc3)ccc2-c2ccc(-c3ccc4ccccc4c3)cc21. The smallest absolute Gasteiger partial charge is 0.145 e. The van der Waals surface area contributed by atoms with Crippen LogP contribution >= 0.6 is 0 Å². The maximum absolute atomic E-state index is 5.36. The summed E-state index contributed by atoms with van der Waals surface area (Å²) in [7, 11) is 0. The Morgan fingerprint density at radius 1 is 0.389 bits per heavy atom. The molecule has 2 nitrogen and oxygen atoms in total. The minimum Gasteiger partial charge on any atom is -0.292 e. The van der Waals surface area contributed by atoms with Crippen LogP contribution in [-0.4, -0.2) is 9.55 Å². The van der Waals surface area contributed by atoms with Gasteiger partial charge in [-0.1, -0.05) is 178 Å². The quantitative estimate of drug-likeness (QED) is 0.170. The van der Waals surface area contributed by atoms with Gasteiger partial charge in [0.15, 0.2) is 0 Å². The Balaban J connectivity index is 1.05. The van der Waals surface area contributed by atoms with Gasteiger partial charge in [0.25, 0.3) is 0 Å². The van der Waals surface area contributed by atoms with Gasteiger partial charge in [-0.2, -0.15) is 0 Å². The number of hydrogen-bond acceptors (Lipinski definition) is 1. The molecule has 2 heteroatoms. The van der Waals surface area contributed by atoms with Crippen molar-refractivity contribution in [3.63, 3.8) is 0 Å². The number of rotatable bonds is 6. The topological polar surface area (TPSA) is 17.8 Å². The largest absolute Gasteiger partial charge is 0.292 e. The molecule has 1 heterocycles. The number of hydrogen-bond donors (Lipinski definition) is 0. The van der Waals surface area contributed by atoms with Crippen LogP contribution in [0.1, 0.15) is 25.0 Å². The Morgan fingerprint density at radius 3 is 1.50 bits per heavy atom. The highest BCUT2D eigenvalue weighted by Crippen LogP contribution is 2.51. The van der Waals surface area contributed by atoms with E-state index >= 15 is 0 Å². The Kier molecular flexibility index (Phi) is 7.52. The van der Waals surface area contributed by atoms with Crippen LogP contribution < -0.4 is 0 Å². The third-order valence-corrected chi connectivity index (χ3v) is 11.2. The zero-order valence-electron chi connectivity index (χ0n) is 30.4. The van der Waals surface area contributed by atoms with Gasteiger partial charge in [-0.15, -0.1) is 0 Å². The van der Waals surface area contributed by atoms with Crippen LogP contribution in [0.5, 0.6) is 0 Å². The first-order chi connectivity index (χ1) is 26.5. The molecule has 0 amide bonds. The van der Waals surface area contributed by atoms with Crippen molar-refractivity contribution in [2.24, 2.45) is 0 Å². The molecule has 1 aromatic heterocycles. The third kappa shape index (κ3) is 5.30. The molecule has 10 rings (SSSR count). The van der Waals surface area contributed by atoms with Gasteiger partial charge in [0, 0.05) is 27.8 Å². The molecule has 0 radical (unpaired) electrons. The predicted molar refractivity (Wildman–Crippen MR) is 226 cm³/mol. The van der Waals surface area contributed by atoms with E-state index in [1.165, 1.54) is 55.3 Å². The predicted octanol–water partition coefficient (Wildman–Crippen LogP) is 13.7. The van der Waals surface area contributed by atoms with Crippen LogP contribution in [-0.2, 0) is 5.41 Å². The first kappa shape index (κ1) is 31.9. The highest BCUT2D eigenvalue weighted by atomic mass is 15.1. The van der Waals surface area contributed by atoms with Gasteiger partial charge in [0.05, 0.1) is 11.4 Å². The van der Waals surface area contributed by atoms with Gasteiger partial charge < -0.3 is 0 Å². The monoisotopic (exact) mass is 690 g/mol. The number of benzene rings is 8. The first-order valence-corrected chi connectivity index (χ1v) is 18.7. The summed E-state index contributed by atoms with van der Waals surface area (Å²) in [5.74, 6) is 0.918. The van der Waals surface area contributed by atoms with E-state index in [0.717, 1.165) is 39.6 Å². The summed E-state index contributed by atoms with van der Waals surface area (Å²) in [6, 6.07) is 70.1. The fourth-order valence-corrected chi connectivity index (χ4v) is 8.38. The number of imidazole rings is 1. The Bertz CT molecular complexity index is 2810. The lowest BCUT2D eigenvalue weighted by atomic mass is 9.81. The number of nitrogens with zero attached hydrogens (tertiary/aromatic N) is 2. The van der Waals surface area contributed by atoms with Crippen molar-refractivity contribution < 1.29 is 0 Å².